The van der Waals surface area contributed by atoms with E-state index in [9.17, 15) is 20.0 Å². The van der Waals surface area contributed by atoms with Gasteiger partial charge < -0.3 is 19.9 Å². The molecule has 0 bridgehead atoms. The van der Waals surface area contributed by atoms with Crippen molar-refractivity contribution in [2.24, 2.45) is 0 Å². The molecule has 2 saturated heterocycles. The molecule has 0 aromatic carbocycles. The van der Waals surface area contributed by atoms with Gasteiger partial charge in [0.1, 0.15) is 12.2 Å². The second kappa shape index (κ2) is 8.37. The summed E-state index contributed by atoms with van der Waals surface area (Å²) in [6.45, 7) is -24.0. The highest BCUT2D eigenvalue weighted by molar-refractivity contribution is 5.77. The van der Waals surface area contributed by atoms with Gasteiger partial charge in [0.2, 0.25) is 0 Å². The minimum absolute atomic E-state index is 0.439. The molecule has 0 spiro atoms. The number of hydroxylamine groups is 4. The Hall–Kier alpha value is -1.22. The number of esters is 2. The molecule has 0 aliphatic carbocycles. The van der Waals surface area contributed by atoms with Crippen molar-refractivity contribution in [2.45, 2.75) is 128 Å². The summed E-state index contributed by atoms with van der Waals surface area (Å²) in [6.07, 6.45) is -30.2. The Bertz CT molecular complexity index is 1500. The Morgan fingerprint density at radius 2 is 1.23 bits per heavy atom. The van der Waals surface area contributed by atoms with E-state index in [0.29, 0.717) is 13.8 Å². The van der Waals surface area contributed by atoms with Crippen LogP contribution < -0.4 is 0 Å². The zero-order valence-electron chi connectivity index (χ0n) is 42.9. The molecular formula is C22H40N2O6. The Morgan fingerprint density at radius 1 is 0.867 bits per heavy atom. The van der Waals surface area contributed by atoms with Gasteiger partial charge in [-0.15, -0.1) is 0 Å². The van der Waals surface area contributed by atoms with Gasteiger partial charge in [0, 0.05) is 81.9 Å². The first-order chi connectivity index (χ1) is 24.5. The van der Waals surface area contributed by atoms with Crippen LogP contribution in [0.2, 0.25) is 0 Å². The first-order valence-electron chi connectivity index (χ1n) is 21.9. The van der Waals surface area contributed by atoms with Crippen molar-refractivity contribution in [1.29, 1.82) is 0 Å². The monoisotopic (exact) mass is 455 g/mol. The van der Waals surface area contributed by atoms with Crippen molar-refractivity contribution in [3.8, 4) is 0 Å². The minimum atomic E-state index is -4.94. The Kier molecular flexibility index (Phi) is 1.92. The van der Waals surface area contributed by atoms with Crippen LogP contribution in [0.3, 0.4) is 0 Å². The second-order valence-corrected chi connectivity index (χ2v) is 6.87. The molecule has 2 N–H and O–H groups in total. The Morgan fingerprint density at radius 3 is 1.63 bits per heavy atom. The molecule has 8 heteroatoms. The van der Waals surface area contributed by atoms with Crippen molar-refractivity contribution < 1.29 is 66.5 Å². The summed E-state index contributed by atoms with van der Waals surface area (Å²) in [6, 6.07) is 0. The summed E-state index contributed by atoms with van der Waals surface area (Å²) in [5.74, 6) is -4.34. The molecule has 3 unspecified atom stereocenters. The highest BCUT2D eigenvalue weighted by Gasteiger charge is 2.47. The lowest BCUT2D eigenvalue weighted by Crippen LogP contribution is -2.60. The van der Waals surface area contributed by atoms with Gasteiger partial charge in [-0.2, -0.15) is 10.1 Å². The van der Waals surface area contributed by atoms with Crippen LogP contribution in [0, 0.1) is 0 Å². The SMILES string of the molecule is [2H]C([2H])C1(C)N(O)C(C)(C([2H])([2H])[2H])C([2H])([2H])C([2H])(OC(=O)CCC(=O)OC2([2H])C([2H])([2H])C(C([2H])([2H])[2H])(C([2H])([2H])[2H])N(O)C(C([2H])([2H])[2H])(C([2H])([2H])[2H])C2([2H])[2H])C1([2H])[2H]. The predicted octanol–water partition coefficient (Wildman–Crippen LogP) is 3.67. The van der Waals surface area contributed by atoms with E-state index in [1.54, 1.807) is 0 Å². The molecule has 30 heavy (non-hydrogen) atoms. The average molecular weight is 456 g/mol. The van der Waals surface area contributed by atoms with Crippen LogP contribution in [-0.4, -0.2) is 66.8 Å². The van der Waals surface area contributed by atoms with Gasteiger partial charge in [-0.25, -0.2) is 0 Å². The molecule has 3 atom stereocenters. The Balaban J connectivity index is 2.83. The first-order valence-corrected chi connectivity index (χ1v) is 8.26. The highest BCUT2D eigenvalue weighted by Crippen LogP contribution is 2.39. The number of ether oxygens (including phenoxy) is 2. The zero-order valence-corrected chi connectivity index (χ0v) is 15.9. The van der Waals surface area contributed by atoms with Crippen LogP contribution in [0.4, 0.5) is 0 Å². The van der Waals surface area contributed by atoms with Gasteiger partial charge in [-0.1, -0.05) is 0 Å². The lowest BCUT2D eigenvalue weighted by Gasteiger charge is -2.51. The third-order valence-electron chi connectivity index (χ3n) is 3.78. The quantitative estimate of drug-likeness (QED) is 0.606. The molecule has 0 radical (unpaired) electrons. The highest BCUT2D eigenvalue weighted by atomic mass is 16.6. The number of nitrogens with zero attached hydrogens (tertiary/aromatic N) is 2. The molecule has 2 heterocycles. The fourth-order valence-electron chi connectivity index (χ4n) is 2.41. The van der Waals surface area contributed by atoms with Gasteiger partial charge in [-0.05, 0) is 55.0 Å². The van der Waals surface area contributed by atoms with E-state index in [-0.39, 0.29) is 0 Å². The third kappa shape index (κ3) is 5.72. The maximum atomic E-state index is 13.3. The molecular weight excluding hydrogens is 388 g/mol. The third-order valence-corrected chi connectivity index (χ3v) is 3.78. The number of rotatable bonds is 5. The van der Waals surface area contributed by atoms with E-state index in [1.807, 2.05) is 0 Å². The zero-order chi connectivity index (χ0) is 46.2. The summed E-state index contributed by atoms with van der Waals surface area (Å²) in [7, 11) is 0. The van der Waals surface area contributed by atoms with E-state index >= 15 is 0 Å². The maximum Gasteiger partial charge on any atom is 0.306 e. The van der Waals surface area contributed by atoms with Crippen LogP contribution >= 0.6 is 0 Å². The van der Waals surface area contributed by atoms with Crippen molar-refractivity contribution in [1.82, 2.24) is 10.1 Å². The lowest BCUT2D eigenvalue weighted by atomic mass is 9.80. The molecule has 0 aromatic rings. The van der Waals surface area contributed by atoms with Gasteiger partial charge in [0.25, 0.3) is 0 Å². The van der Waals surface area contributed by atoms with E-state index in [1.165, 1.54) is 0 Å². The standard InChI is InChI=1S/C22H40N2O6/c1-19(2)11-15(12-20(3,4)23(19)27)29-17(25)9-10-18(26)30-16-13-21(5,6)24(28)22(7,8)14-16/h15-16,27-28H,9-14H2,1-8H3/i1D2,3D3,5D3,6D3,7D3,8D3,11D2,12D2,13D2,14D2,15D,16D. The molecule has 2 aliphatic rings. The van der Waals surface area contributed by atoms with Crippen molar-refractivity contribution >= 4 is 11.9 Å². The largest absolute Gasteiger partial charge is 0.462 e. The predicted molar refractivity (Wildman–Crippen MR) is 111 cm³/mol. The second-order valence-electron chi connectivity index (χ2n) is 6.87. The van der Waals surface area contributed by atoms with Gasteiger partial charge in [-0.3, -0.25) is 9.59 Å². The molecule has 0 amide bonds. The molecule has 2 fully saturated rings. The summed E-state index contributed by atoms with van der Waals surface area (Å²) < 4.78 is 231. The lowest BCUT2D eigenvalue weighted by molar-refractivity contribution is -0.260. The molecule has 2 rings (SSSR count). The molecule has 8 nitrogen and oxygen atoms in total. The smallest absolute Gasteiger partial charge is 0.306 e. The van der Waals surface area contributed by atoms with E-state index in [4.69, 9.17) is 41.7 Å². The minimum Gasteiger partial charge on any atom is -0.462 e. The maximum absolute atomic E-state index is 13.3. The van der Waals surface area contributed by atoms with Crippen LogP contribution in [0.1, 0.15) is 130 Å². The van der Waals surface area contributed by atoms with Gasteiger partial charge in [0.05, 0.1) is 15.6 Å². The van der Waals surface area contributed by atoms with Crippen molar-refractivity contribution in [3.05, 3.63) is 0 Å². The fourth-order valence-corrected chi connectivity index (χ4v) is 2.41. The fraction of sp³-hybridized carbons (Fsp3) is 0.909. The number of carbonyl (C=O) groups excluding carboxylic acids is 2. The number of hydrogen-bond acceptors (Lipinski definition) is 8. The van der Waals surface area contributed by atoms with E-state index in [0.717, 1.165) is 0 Å². The summed E-state index contributed by atoms with van der Waals surface area (Å²) in [5.41, 5.74) is -16.5. The van der Waals surface area contributed by atoms with Crippen LogP contribution in [0.15, 0.2) is 0 Å². The van der Waals surface area contributed by atoms with Crippen molar-refractivity contribution in [3.63, 3.8) is 0 Å². The topological polar surface area (TPSA) is 99.5 Å². The van der Waals surface area contributed by atoms with Crippen molar-refractivity contribution in [2.75, 3.05) is 0 Å². The normalized spacial score (nSPS) is 60.8. The molecule has 2 aliphatic heterocycles. The van der Waals surface area contributed by atoms with E-state index in [2.05, 4.69) is 4.74 Å². The number of carbonyl (C=O) groups is 2. The summed E-state index contributed by atoms with van der Waals surface area (Å²) >= 11 is 0. The van der Waals surface area contributed by atoms with Crippen LogP contribution in [0.25, 0.3) is 0 Å². The summed E-state index contributed by atoms with van der Waals surface area (Å²) in [4.78, 5) is 26.5. The van der Waals surface area contributed by atoms with E-state index < -0.39 is 136 Å². The average Bonchev–Trinajstić information content (AvgIpc) is 2.93. The van der Waals surface area contributed by atoms with Crippen LogP contribution in [0.5, 0.6) is 0 Å². The van der Waals surface area contributed by atoms with Gasteiger partial charge in [0.15, 0.2) is 0 Å². The number of piperidine rings is 2. The first kappa shape index (κ1) is 6.89. The molecule has 174 valence electrons. The van der Waals surface area contributed by atoms with Crippen LogP contribution in [-0.2, 0) is 19.1 Å². The Labute approximate surface area is 218 Å². The van der Waals surface area contributed by atoms with Gasteiger partial charge >= 0.3 is 11.9 Å². The number of hydrogen-bond donors (Lipinski definition) is 2. The molecule has 0 saturated carbocycles. The molecule has 0 aromatic heterocycles. The summed E-state index contributed by atoms with van der Waals surface area (Å²) in [5, 5.41) is 20.2.